The monoisotopic (exact) mass is 382 g/mol. The Labute approximate surface area is 166 Å². The summed E-state index contributed by atoms with van der Waals surface area (Å²) in [6, 6.07) is 0. The van der Waals surface area contributed by atoms with Gasteiger partial charge in [0.2, 0.25) is 5.84 Å². The predicted octanol–water partition coefficient (Wildman–Crippen LogP) is 3.79. The lowest BCUT2D eigenvalue weighted by Gasteiger charge is -2.32. The molecule has 1 N–H and O–H groups in total. The van der Waals surface area contributed by atoms with Gasteiger partial charge in [-0.05, 0) is 6.42 Å². The van der Waals surface area contributed by atoms with E-state index in [1.165, 1.54) is 77.0 Å². The molecule has 1 aliphatic rings. The molecule has 27 heavy (non-hydrogen) atoms. The van der Waals surface area contributed by atoms with Gasteiger partial charge in [-0.3, -0.25) is 4.48 Å². The highest BCUT2D eigenvalue weighted by molar-refractivity contribution is 5.79. The van der Waals surface area contributed by atoms with E-state index in [-0.39, 0.29) is 17.8 Å². The average Bonchev–Trinajstić information content (AvgIpc) is 3.04. The van der Waals surface area contributed by atoms with Crippen molar-refractivity contribution >= 4 is 11.8 Å². The van der Waals surface area contributed by atoms with Gasteiger partial charge in [-0.2, -0.15) is 0 Å². The number of hydrogen-bond acceptors (Lipinski definition) is 4. The zero-order valence-corrected chi connectivity index (χ0v) is 17.6. The van der Waals surface area contributed by atoms with Crippen LogP contribution >= 0.6 is 0 Å². The molecule has 0 bridgehead atoms. The van der Waals surface area contributed by atoms with Gasteiger partial charge in [0.15, 0.2) is 6.73 Å². The Morgan fingerprint density at radius 3 is 1.85 bits per heavy atom. The Kier molecular flexibility index (Phi) is 13.4. The van der Waals surface area contributed by atoms with Crippen LogP contribution in [0.25, 0.3) is 0 Å². The van der Waals surface area contributed by atoms with Crippen molar-refractivity contribution in [1.29, 1.82) is 0 Å². The van der Waals surface area contributed by atoms with E-state index in [0.717, 1.165) is 25.1 Å². The third-order valence-corrected chi connectivity index (χ3v) is 5.83. The Balaban J connectivity index is 1.96. The first-order valence-electron chi connectivity index (χ1n) is 11.4. The van der Waals surface area contributed by atoms with Crippen LogP contribution in [-0.4, -0.2) is 47.8 Å². The van der Waals surface area contributed by atoms with Gasteiger partial charge in [0.25, 0.3) is 0 Å². The Hall–Kier alpha value is -0.940. The second-order valence-corrected chi connectivity index (χ2v) is 8.18. The number of amidine groups is 1. The first-order valence-corrected chi connectivity index (χ1v) is 11.4. The van der Waals surface area contributed by atoms with Crippen molar-refractivity contribution in [2.45, 2.75) is 103 Å². The number of unbranched alkanes of at least 4 members (excludes halogenated alkanes) is 13. The number of carbonyl (C=O) groups is 1. The highest BCUT2D eigenvalue weighted by Gasteiger charge is 2.37. The van der Waals surface area contributed by atoms with E-state index in [1.807, 2.05) is 0 Å². The van der Waals surface area contributed by atoms with E-state index < -0.39 is 5.97 Å². The fourth-order valence-corrected chi connectivity index (χ4v) is 4.06. The average molecular weight is 383 g/mol. The standard InChI is InChI=1S/C22H42N2O3/c1-2-3-4-5-6-7-8-9-10-11-12-13-14-15-16-21-23-17-18-24(21,20-25)19-22(26)27/h25H,2-20H2,1H3. The molecule has 1 heterocycles. The van der Waals surface area contributed by atoms with E-state index in [0.29, 0.717) is 13.1 Å². The van der Waals surface area contributed by atoms with Gasteiger partial charge in [-0.25, -0.2) is 4.99 Å². The van der Waals surface area contributed by atoms with Gasteiger partial charge >= 0.3 is 0 Å². The molecule has 0 aromatic carbocycles. The first-order chi connectivity index (χ1) is 13.1. The van der Waals surface area contributed by atoms with E-state index in [9.17, 15) is 15.0 Å². The Morgan fingerprint density at radius 1 is 0.926 bits per heavy atom. The molecular formula is C22H42N2O3. The number of aliphatic hydroxyl groups is 1. The first kappa shape index (κ1) is 24.1. The maximum Gasteiger partial charge on any atom is 0.200 e. The van der Waals surface area contributed by atoms with Crippen molar-refractivity contribution in [1.82, 2.24) is 0 Å². The van der Waals surface area contributed by atoms with Crippen molar-refractivity contribution in [3.8, 4) is 0 Å². The van der Waals surface area contributed by atoms with Crippen LogP contribution in [0.5, 0.6) is 0 Å². The smallest absolute Gasteiger partial charge is 0.200 e. The molecular weight excluding hydrogens is 340 g/mol. The molecule has 0 aromatic rings. The van der Waals surface area contributed by atoms with Crippen molar-refractivity contribution in [3.63, 3.8) is 0 Å². The van der Waals surface area contributed by atoms with Crippen LogP contribution in [0.2, 0.25) is 0 Å². The molecule has 0 aromatic heterocycles. The van der Waals surface area contributed by atoms with E-state index in [2.05, 4.69) is 11.9 Å². The number of quaternary nitrogens is 1. The van der Waals surface area contributed by atoms with Crippen LogP contribution in [-0.2, 0) is 4.79 Å². The maximum absolute atomic E-state index is 11.0. The Bertz CT molecular complexity index is 426. The van der Waals surface area contributed by atoms with Crippen molar-refractivity contribution < 1.29 is 19.5 Å². The summed E-state index contributed by atoms with van der Waals surface area (Å²) in [5.41, 5.74) is 0. The molecule has 1 atom stereocenters. The SMILES string of the molecule is CCCCCCCCCCCCCCCCC1=NCC[N+]1(CO)CC(=O)[O-]. The third kappa shape index (κ3) is 10.2. The lowest BCUT2D eigenvalue weighted by Crippen LogP contribution is -2.56. The number of carbonyl (C=O) groups excluding carboxylic acids is 1. The van der Waals surface area contributed by atoms with Crippen LogP contribution in [0, 0.1) is 0 Å². The largest absolute Gasteiger partial charge is 0.544 e. The molecule has 158 valence electrons. The van der Waals surface area contributed by atoms with Gasteiger partial charge in [0.05, 0.1) is 12.5 Å². The van der Waals surface area contributed by atoms with Crippen LogP contribution < -0.4 is 5.11 Å². The summed E-state index contributed by atoms with van der Waals surface area (Å²) in [4.78, 5) is 15.4. The molecule has 5 heteroatoms. The molecule has 1 aliphatic heterocycles. The number of hydrogen-bond donors (Lipinski definition) is 1. The number of aliphatic carboxylic acids is 1. The number of rotatable bonds is 18. The molecule has 1 rings (SSSR count). The minimum atomic E-state index is -1.11. The van der Waals surface area contributed by atoms with Crippen LogP contribution in [0.4, 0.5) is 0 Å². The second kappa shape index (κ2) is 15.0. The number of carboxylic acids is 1. The molecule has 0 saturated heterocycles. The van der Waals surface area contributed by atoms with Crippen molar-refractivity contribution in [2.75, 3.05) is 26.4 Å². The van der Waals surface area contributed by atoms with E-state index in [1.54, 1.807) is 0 Å². The topological polar surface area (TPSA) is 72.7 Å². The number of aliphatic imine (C=N–C) groups is 1. The van der Waals surface area contributed by atoms with Crippen LogP contribution in [0.1, 0.15) is 103 Å². The summed E-state index contributed by atoms with van der Waals surface area (Å²) in [6.45, 7) is 3.11. The van der Waals surface area contributed by atoms with Gasteiger partial charge in [-0.15, -0.1) is 0 Å². The minimum Gasteiger partial charge on any atom is -0.544 e. The molecule has 0 fully saturated rings. The van der Waals surface area contributed by atoms with Crippen LogP contribution in [0.3, 0.4) is 0 Å². The molecule has 0 amide bonds. The third-order valence-electron chi connectivity index (χ3n) is 5.83. The highest BCUT2D eigenvalue weighted by atomic mass is 16.4. The summed E-state index contributed by atoms with van der Waals surface area (Å²) in [6.07, 6.45) is 19.4. The summed E-state index contributed by atoms with van der Waals surface area (Å²) < 4.78 is 0.0841. The zero-order chi connectivity index (χ0) is 19.8. The summed E-state index contributed by atoms with van der Waals surface area (Å²) in [7, 11) is 0. The van der Waals surface area contributed by atoms with Crippen molar-refractivity contribution in [2.24, 2.45) is 4.99 Å². The minimum absolute atomic E-state index is 0.0841. The molecule has 1 unspecified atom stereocenters. The Morgan fingerprint density at radius 2 is 1.41 bits per heavy atom. The van der Waals surface area contributed by atoms with Crippen LogP contribution in [0.15, 0.2) is 4.99 Å². The normalized spacial score (nSPS) is 19.4. The summed E-state index contributed by atoms with van der Waals surface area (Å²) in [5, 5.41) is 20.6. The maximum atomic E-state index is 11.0. The summed E-state index contributed by atoms with van der Waals surface area (Å²) in [5.74, 6) is -0.264. The van der Waals surface area contributed by atoms with Gasteiger partial charge < -0.3 is 15.0 Å². The quantitative estimate of drug-likeness (QED) is 0.289. The molecule has 0 spiro atoms. The number of carboxylic acid groups (broad SMARTS) is 1. The summed E-state index contributed by atoms with van der Waals surface area (Å²) >= 11 is 0. The second-order valence-electron chi connectivity index (χ2n) is 8.18. The molecule has 0 saturated carbocycles. The predicted molar refractivity (Wildman–Crippen MR) is 109 cm³/mol. The van der Waals surface area contributed by atoms with E-state index in [4.69, 9.17) is 0 Å². The van der Waals surface area contributed by atoms with Gasteiger partial charge in [0, 0.05) is 6.42 Å². The molecule has 0 aliphatic carbocycles. The lowest BCUT2D eigenvalue weighted by molar-refractivity contribution is -0.851. The number of nitrogens with zero attached hydrogens (tertiary/aromatic N) is 2. The molecule has 0 radical (unpaired) electrons. The highest BCUT2D eigenvalue weighted by Crippen LogP contribution is 2.19. The zero-order valence-electron chi connectivity index (χ0n) is 17.6. The lowest BCUT2D eigenvalue weighted by atomic mass is 10.0. The number of aliphatic hydroxyl groups excluding tert-OH is 1. The fourth-order valence-electron chi connectivity index (χ4n) is 4.06. The van der Waals surface area contributed by atoms with E-state index >= 15 is 0 Å². The molecule has 5 nitrogen and oxygen atoms in total. The van der Waals surface area contributed by atoms with Gasteiger partial charge in [-0.1, -0.05) is 90.4 Å². The fraction of sp³-hybridized carbons (Fsp3) is 0.909. The van der Waals surface area contributed by atoms with Crippen molar-refractivity contribution in [3.05, 3.63) is 0 Å². The van der Waals surface area contributed by atoms with Gasteiger partial charge in [0.1, 0.15) is 13.1 Å².